The number of imide groups is 1. The zero-order valence-electron chi connectivity index (χ0n) is 24.9. The number of alkyl carbamates (subject to hydrolysis) is 1. The quantitative estimate of drug-likeness (QED) is 0.137. The Labute approximate surface area is 257 Å². The standard InChI is InChI=1S/C32H41N3O9/c36-29-10-11-30(37)35(29)25-7-5-6-24(22-25)31(38)33-12-14-40-16-18-42-20-21-43-19-17-41-15-13-34-32(39)44-23-28-26-8-3-1-2-4-9-27(26)28/h5-7,10-11,22,26-28H,3-4,8-9,12-21,23H2,(H,33,38)(H,34,39)/t26-,27+,28-. The van der Waals surface area contributed by atoms with Crippen molar-refractivity contribution in [2.45, 2.75) is 25.7 Å². The van der Waals surface area contributed by atoms with Gasteiger partial charge in [0.1, 0.15) is 0 Å². The first-order valence-corrected chi connectivity index (χ1v) is 15.2. The Morgan fingerprint density at radius 3 is 1.91 bits per heavy atom. The number of carbonyl (C=O) groups excluding carboxylic acids is 4. The molecule has 2 N–H and O–H groups in total. The summed E-state index contributed by atoms with van der Waals surface area (Å²) in [7, 11) is 0. The Hall–Kier alpha value is -3.76. The Kier molecular flexibility index (Phi) is 13.7. The van der Waals surface area contributed by atoms with Crippen LogP contribution in [0.5, 0.6) is 0 Å². The van der Waals surface area contributed by atoms with Gasteiger partial charge >= 0.3 is 6.09 Å². The number of nitrogens with one attached hydrogen (secondary N) is 2. The Morgan fingerprint density at radius 2 is 1.32 bits per heavy atom. The summed E-state index contributed by atoms with van der Waals surface area (Å²) in [4.78, 5) is 49.0. The zero-order valence-corrected chi connectivity index (χ0v) is 24.9. The number of carbonyl (C=O) groups is 4. The second-order valence-corrected chi connectivity index (χ2v) is 10.5. The first kappa shape index (κ1) is 33.1. The second-order valence-electron chi connectivity index (χ2n) is 10.5. The van der Waals surface area contributed by atoms with Gasteiger partial charge in [0.15, 0.2) is 0 Å². The van der Waals surface area contributed by atoms with Crippen LogP contribution in [0.2, 0.25) is 0 Å². The summed E-state index contributed by atoms with van der Waals surface area (Å²) in [6.45, 7) is 4.26. The molecule has 1 saturated carbocycles. The highest BCUT2D eigenvalue weighted by Crippen LogP contribution is 2.52. The fourth-order valence-electron chi connectivity index (χ4n) is 5.27. The SMILES string of the molecule is O=C(NCCOCCOCCOCCOCCNC(=O)c1cccc(N2C(=O)C=CC2=O)c1)OC[C@@H]1[C@@H]2CCC#CCC[C@@H]21. The van der Waals surface area contributed by atoms with Gasteiger partial charge in [0.25, 0.3) is 17.7 Å². The Bertz CT molecular complexity index is 1190. The van der Waals surface area contributed by atoms with E-state index in [0.717, 1.165) is 30.6 Å². The van der Waals surface area contributed by atoms with Gasteiger partial charge in [-0.05, 0) is 48.8 Å². The lowest BCUT2D eigenvalue weighted by atomic mass is 10.1. The smallest absolute Gasteiger partial charge is 0.407 e. The summed E-state index contributed by atoms with van der Waals surface area (Å²) in [6.07, 6.45) is 6.11. The maximum atomic E-state index is 12.4. The molecule has 3 aliphatic rings. The van der Waals surface area contributed by atoms with E-state index in [2.05, 4.69) is 22.5 Å². The molecule has 1 aliphatic heterocycles. The predicted octanol–water partition coefficient (Wildman–Crippen LogP) is 2.08. The number of anilines is 1. The number of rotatable bonds is 19. The van der Waals surface area contributed by atoms with Crippen LogP contribution in [-0.4, -0.2) is 96.4 Å². The average molecular weight is 612 g/mol. The van der Waals surface area contributed by atoms with E-state index in [1.165, 1.54) is 18.2 Å². The van der Waals surface area contributed by atoms with E-state index in [0.29, 0.717) is 102 Å². The molecule has 4 rings (SSSR count). The number of fused-ring (bicyclic) bond motifs is 1. The third-order valence-corrected chi connectivity index (χ3v) is 7.59. The summed E-state index contributed by atoms with van der Waals surface area (Å²) < 4.78 is 27.2. The molecule has 1 aromatic carbocycles. The van der Waals surface area contributed by atoms with Crippen LogP contribution in [0.15, 0.2) is 36.4 Å². The summed E-state index contributed by atoms with van der Waals surface area (Å²) in [5.74, 6) is 6.97. The third kappa shape index (κ3) is 10.7. The van der Waals surface area contributed by atoms with Crippen molar-refractivity contribution in [2.24, 2.45) is 17.8 Å². The van der Waals surface area contributed by atoms with Crippen LogP contribution < -0.4 is 15.5 Å². The maximum absolute atomic E-state index is 12.4. The topological polar surface area (TPSA) is 142 Å². The van der Waals surface area contributed by atoms with Gasteiger partial charge in [-0.25, -0.2) is 9.69 Å². The van der Waals surface area contributed by atoms with E-state index in [1.54, 1.807) is 18.2 Å². The molecule has 4 amide bonds. The number of ether oxygens (including phenoxy) is 5. The lowest BCUT2D eigenvalue weighted by Gasteiger charge is -2.14. The molecule has 1 aromatic rings. The van der Waals surface area contributed by atoms with Gasteiger partial charge in [0, 0.05) is 43.6 Å². The molecule has 3 atom stereocenters. The van der Waals surface area contributed by atoms with Gasteiger partial charge in [-0.1, -0.05) is 6.07 Å². The minimum absolute atomic E-state index is 0.295. The van der Waals surface area contributed by atoms with Crippen molar-refractivity contribution in [1.29, 1.82) is 0 Å². The van der Waals surface area contributed by atoms with E-state index >= 15 is 0 Å². The highest BCUT2D eigenvalue weighted by Gasteiger charge is 2.49. The average Bonchev–Trinajstić information content (AvgIpc) is 3.53. The van der Waals surface area contributed by atoms with Crippen LogP contribution in [0.1, 0.15) is 36.0 Å². The zero-order chi connectivity index (χ0) is 31.0. The number of nitrogens with zero attached hydrogens (tertiary/aromatic N) is 1. The van der Waals surface area contributed by atoms with Crippen molar-refractivity contribution in [2.75, 3.05) is 77.5 Å². The first-order valence-electron chi connectivity index (χ1n) is 15.2. The van der Waals surface area contributed by atoms with Gasteiger partial charge < -0.3 is 34.3 Å². The van der Waals surface area contributed by atoms with Gasteiger partial charge in [-0.3, -0.25) is 14.4 Å². The van der Waals surface area contributed by atoms with Crippen molar-refractivity contribution in [3.8, 4) is 11.8 Å². The van der Waals surface area contributed by atoms with Crippen molar-refractivity contribution >= 4 is 29.5 Å². The minimum atomic E-state index is -0.438. The van der Waals surface area contributed by atoms with Gasteiger partial charge in [0.2, 0.25) is 0 Å². The molecule has 238 valence electrons. The molecular formula is C32H41N3O9. The van der Waals surface area contributed by atoms with Crippen molar-refractivity contribution in [1.82, 2.24) is 10.6 Å². The van der Waals surface area contributed by atoms with Crippen molar-refractivity contribution in [3.05, 3.63) is 42.0 Å². The van der Waals surface area contributed by atoms with E-state index in [4.69, 9.17) is 23.7 Å². The second kappa shape index (κ2) is 18.1. The molecule has 44 heavy (non-hydrogen) atoms. The molecule has 0 bridgehead atoms. The molecule has 0 aromatic heterocycles. The van der Waals surface area contributed by atoms with E-state index in [-0.39, 0.29) is 5.91 Å². The molecule has 12 nitrogen and oxygen atoms in total. The van der Waals surface area contributed by atoms with E-state index in [9.17, 15) is 19.2 Å². The summed E-state index contributed by atoms with van der Waals surface area (Å²) in [5, 5.41) is 5.46. The molecule has 0 spiro atoms. The largest absolute Gasteiger partial charge is 0.449 e. The molecule has 0 saturated heterocycles. The maximum Gasteiger partial charge on any atom is 0.407 e. The lowest BCUT2D eigenvalue weighted by Crippen LogP contribution is -2.30. The lowest BCUT2D eigenvalue weighted by molar-refractivity contribution is -0.120. The summed E-state index contributed by atoms with van der Waals surface area (Å²) in [6, 6.07) is 6.32. The molecule has 12 heteroatoms. The molecule has 2 aliphatic carbocycles. The van der Waals surface area contributed by atoms with E-state index in [1.807, 2.05) is 0 Å². The number of amides is 4. The fraction of sp³-hybridized carbons (Fsp3) is 0.562. The molecule has 1 fully saturated rings. The van der Waals surface area contributed by atoms with Crippen LogP contribution in [0.4, 0.5) is 10.5 Å². The van der Waals surface area contributed by atoms with Crippen LogP contribution in [0, 0.1) is 29.6 Å². The van der Waals surface area contributed by atoms with Crippen LogP contribution in [0.25, 0.3) is 0 Å². The molecule has 1 heterocycles. The van der Waals surface area contributed by atoms with E-state index < -0.39 is 17.9 Å². The third-order valence-electron chi connectivity index (χ3n) is 7.59. The van der Waals surface area contributed by atoms with Crippen molar-refractivity contribution < 1.29 is 42.9 Å². The van der Waals surface area contributed by atoms with Crippen LogP contribution >= 0.6 is 0 Å². The Morgan fingerprint density at radius 1 is 0.773 bits per heavy atom. The van der Waals surface area contributed by atoms with Crippen molar-refractivity contribution in [3.63, 3.8) is 0 Å². The summed E-state index contributed by atoms with van der Waals surface area (Å²) in [5.41, 5.74) is 0.681. The minimum Gasteiger partial charge on any atom is -0.449 e. The van der Waals surface area contributed by atoms with Crippen LogP contribution in [-0.2, 0) is 33.3 Å². The highest BCUT2D eigenvalue weighted by atomic mass is 16.6. The number of hydrogen-bond donors (Lipinski definition) is 2. The van der Waals surface area contributed by atoms with Gasteiger partial charge in [-0.15, -0.1) is 11.8 Å². The van der Waals surface area contributed by atoms with Gasteiger partial charge in [-0.2, -0.15) is 0 Å². The fourth-order valence-corrected chi connectivity index (χ4v) is 5.27. The highest BCUT2D eigenvalue weighted by molar-refractivity contribution is 6.28. The Balaban J connectivity index is 0.890. The number of hydrogen-bond acceptors (Lipinski definition) is 9. The molecular weight excluding hydrogens is 570 g/mol. The summed E-state index contributed by atoms with van der Waals surface area (Å²) >= 11 is 0. The normalized spacial score (nSPS) is 20.3. The van der Waals surface area contributed by atoms with Gasteiger partial charge in [0.05, 0.1) is 65.1 Å². The molecule has 0 radical (unpaired) electrons. The van der Waals surface area contributed by atoms with Crippen LogP contribution in [0.3, 0.4) is 0 Å². The predicted molar refractivity (Wildman–Crippen MR) is 160 cm³/mol. The molecule has 0 unspecified atom stereocenters. The monoisotopic (exact) mass is 611 g/mol. The first-order chi connectivity index (χ1) is 21.5. The number of benzene rings is 1.